The van der Waals surface area contributed by atoms with Gasteiger partial charge < -0.3 is 30.0 Å². The van der Waals surface area contributed by atoms with Crippen LogP contribution in [-0.2, 0) is 42.4 Å². The molecule has 0 saturated heterocycles. The van der Waals surface area contributed by atoms with Crippen LogP contribution in [0.4, 0.5) is 5.69 Å². The maximum atomic E-state index is 12.4. The minimum absolute atomic E-state index is 0.0140. The summed E-state index contributed by atoms with van der Waals surface area (Å²) in [5.41, 5.74) is 14.1. The summed E-state index contributed by atoms with van der Waals surface area (Å²) in [6, 6.07) is 27.4. The number of carbonyl (C=O) groups excluding carboxylic acids is 3. The van der Waals surface area contributed by atoms with E-state index in [9.17, 15) is 14.4 Å². The minimum atomic E-state index is -0.419. The predicted molar refractivity (Wildman–Crippen MR) is 236 cm³/mol. The quantitative estimate of drug-likeness (QED) is 0.0860. The Balaban J connectivity index is 1.29. The van der Waals surface area contributed by atoms with E-state index in [-0.39, 0.29) is 43.0 Å². The molecule has 1 unspecified atom stereocenters. The summed E-state index contributed by atoms with van der Waals surface area (Å²) in [6.45, 7) is 11.4. The van der Waals surface area contributed by atoms with E-state index in [1.807, 2.05) is 59.5 Å². The molecule has 0 aliphatic rings. The van der Waals surface area contributed by atoms with Crippen molar-refractivity contribution in [2.24, 2.45) is 5.73 Å². The van der Waals surface area contributed by atoms with Gasteiger partial charge in [-0.15, -0.1) is 11.3 Å². The second-order valence-corrected chi connectivity index (χ2v) is 17.0. The molecule has 2 heterocycles. The first-order valence-electron chi connectivity index (χ1n) is 19.3. The number of imidazole rings is 1. The van der Waals surface area contributed by atoms with Crippen LogP contribution in [0, 0.1) is 0 Å². The zero-order chi connectivity index (χ0) is 42.3. The third-order valence-electron chi connectivity index (χ3n) is 9.75. The van der Waals surface area contributed by atoms with Crippen LogP contribution in [0.15, 0.2) is 90.3 Å². The molecule has 0 aliphatic carbocycles. The number of aromatic nitrogens is 3. The molecule has 0 saturated carbocycles. The number of halogens is 2. The lowest BCUT2D eigenvalue weighted by atomic mass is 9.93. The molecular formula is C45H48Cl2N6O5S. The average Bonchev–Trinajstić information content (AvgIpc) is 3.83. The number of anilines is 1. The molecule has 59 heavy (non-hydrogen) atoms. The van der Waals surface area contributed by atoms with Crippen LogP contribution in [0.5, 0.6) is 0 Å². The van der Waals surface area contributed by atoms with Crippen molar-refractivity contribution in [1.29, 1.82) is 0 Å². The van der Waals surface area contributed by atoms with Gasteiger partial charge in [-0.25, -0.2) is 9.97 Å². The van der Waals surface area contributed by atoms with E-state index >= 15 is 0 Å². The fourth-order valence-electron chi connectivity index (χ4n) is 6.62. The molecule has 2 aromatic heterocycles. The molecule has 1 atom stereocenters. The lowest BCUT2D eigenvalue weighted by molar-refractivity contribution is -0.141. The lowest BCUT2D eigenvalue weighted by Crippen LogP contribution is -2.31. The number of nitrogens with two attached hydrogens (primary N) is 1. The molecular weight excluding hydrogens is 808 g/mol. The first-order valence-corrected chi connectivity index (χ1v) is 20.9. The van der Waals surface area contributed by atoms with Gasteiger partial charge in [-0.1, -0.05) is 80.4 Å². The number of rotatable bonds is 17. The number of fused-ring (bicyclic) bond motifs is 1. The van der Waals surface area contributed by atoms with Crippen molar-refractivity contribution >= 4 is 69.1 Å². The van der Waals surface area contributed by atoms with Crippen molar-refractivity contribution in [2.75, 3.05) is 31.2 Å². The largest absolute Gasteiger partial charge is 0.464 e. The molecule has 0 aliphatic heterocycles. The molecule has 14 heteroatoms. The topological polar surface area (TPSA) is 142 Å². The van der Waals surface area contributed by atoms with Gasteiger partial charge in [0.05, 0.1) is 39.9 Å². The highest BCUT2D eigenvalue weighted by Crippen LogP contribution is 2.33. The van der Waals surface area contributed by atoms with Gasteiger partial charge in [0.2, 0.25) is 5.91 Å². The maximum absolute atomic E-state index is 12.4. The van der Waals surface area contributed by atoms with Crippen molar-refractivity contribution in [3.8, 4) is 22.0 Å². The number of primary amides is 1. The summed E-state index contributed by atoms with van der Waals surface area (Å²) in [7, 11) is 0. The summed E-state index contributed by atoms with van der Waals surface area (Å²) in [6.07, 6.45) is 0.0992. The normalized spacial score (nSPS) is 12.1. The Kier molecular flexibility index (Phi) is 14.1. The number of esters is 2. The summed E-state index contributed by atoms with van der Waals surface area (Å²) < 4.78 is 12.5. The summed E-state index contributed by atoms with van der Waals surface area (Å²) in [5.74, 6) is -0.436. The Hall–Kier alpha value is -5.27. The monoisotopic (exact) mass is 854 g/mol. The van der Waals surface area contributed by atoms with Gasteiger partial charge in [0, 0.05) is 67.0 Å². The van der Waals surface area contributed by atoms with Gasteiger partial charge >= 0.3 is 11.9 Å². The Morgan fingerprint density at radius 3 is 2.07 bits per heavy atom. The summed E-state index contributed by atoms with van der Waals surface area (Å²) >= 11 is 14.4. The molecule has 6 aromatic rings. The zero-order valence-corrected chi connectivity index (χ0v) is 36.1. The van der Waals surface area contributed by atoms with E-state index in [1.54, 1.807) is 17.4 Å². The van der Waals surface area contributed by atoms with Crippen LogP contribution in [-0.4, -0.2) is 58.7 Å². The van der Waals surface area contributed by atoms with Gasteiger partial charge in [0.25, 0.3) is 0 Å². The molecule has 0 fully saturated rings. The van der Waals surface area contributed by atoms with Crippen LogP contribution in [0.1, 0.15) is 69.5 Å². The number of thiazole rings is 1. The van der Waals surface area contributed by atoms with E-state index in [0.29, 0.717) is 36.2 Å². The van der Waals surface area contributed by atoms with Crippen molar-refractivity contribution in [3.63, 3.8) is 0 Å². The van der Waals surface area contributed by atoms with Crippen LogP contribution < -0.4 is 16.0 Å². The molecule has 4 aromatic carbocycles. The number of nitrogens with zero attached hydrogens (tertiary/aromatic N) is 4. The molecule has 1 amide bonds. The highest BCUT2D eigenvalue weighted by molar-refractivity contribution is 7.13. The van der Waals surface area contributed by atoms with Crippen molar-refractivity contribution in [3.05, 3.63) is 123 Å². The average molecular weight is 856 g/mol. The first kappa shape index (κ1) is 43.3. The van der Waals surface area contributed by atoms with E-state index in [4.69, 9.17) is 48.4 Å². The molecule has 308 valence electrons. The number of ether oxygens (including phenoxy) is 2. The van der Waals surface area contributed by atoms with Gasteiger partial charge in [-0.3, -0.25) is 14.4 Å². The van der Waals surface area contributed by atoms with Crippen molar-refractivity contribution in [1.82, 2.24) is 19.9 Å². The van der Waals surface area contributed by atoms with Crippen molar-refractivity contribution < 1.29 is 23.9 Å². The molecule has 11 nitrogen and oxygen atoms in total. The highest BCUT2D eigenvalue weighted by atomic mass is 35.5. The zero-order valence-electron chi connectivity index (χ0n) is 33.8. The summed E-state index contributed by atoms with van der Waals surface area (Å²) in [4.78, 5) is 47.3. The number of nitrogens with one attached hydrogen (secondary N) is 1. The lowest BCUT2D eigenvalue weighted by Gasteiger charge is -2.24. The van der Waals surface area contributed by atoms with Gasteiger partial charge in [0.15, 0.2) is 0 Å². The Morgan fingerprint density at radius 2 is 1.47 bits per heavy atom. The highest BCUT2D eigenvalue weighted by Gasteiger charge is 2.21. The van der Waals surface area contributed by atoms with E-state index in [1.165, 1.54) is 13.8 Å². The molecule has 0 bridgehead atoms. The number of benzene rings is 4. The first-order chi connectivity index (χ1) is 28.1. The fourth-order valence-corrected chi connectivity index (χ4v) is 7.99. The second kappa shape index (κ2) is 19.2. The number of amides is 1. The molecule has 0 spiro atoms. The van der Waals surface area contributed by atoms with Gasteiger partial charge in [-0.2, -0.15) is 0 Å². The van der Waals surface area contributed by atoms with E-state index in [0.717, 1.165) is 61.1 Å². The Bertz CT molecular complexity index is 2400. The fraction of sp³-hybridized carbons (Fsp3) is 0.311. The SMILES string of the molecule is CC(=O)OCCN(CCOC(C)=O)c1ccc(-c2nc3cc(C(CC(N)=O)NCc4ccc(-c5nc(C(C)(C)C)cs5)cc4)ccc3n2Cc2ccc(Cl)c(Cl)c2)cc1. The van der Waals surface area contributed by atoms with Gasteiger partial charge in [0.1, 0.15) is 24.0 Å². The van der Waals surface area contributed by atoms with Crippen LogP contribution in [0.2, 0.25) is 10.0 Å². The number of hydrogen-bond donors (Lipinski definition) is 2. The third-order valence-corrected chi connectivity index (χ3v) is 11.4. The number of hydrogen-bond acceptors (Lipinski definition) is 10. The number of carbonyl (C=O) groups is 3. The maximum Gasteiger partial charge on any atom is 0.302 e. The van der Waals surface area contributed by atoms with E-state index < -0.39 is 5.91 Å². The predicted octanol–water partition coefficient (Wildman–Crippen LogP) is 9.12. The standard InChI is InChI=1S/C45H48Cl2N6O5S/c1-28(54)57-20-18-52(19-21-58-29(2)55)35-14-11-32(12-15-35)43-50-39-23-34(13-17-40(39)53(43)26-31-8-16-36(46)37(47)22-31)38(24-42(48)56)49-25-30-6-9-33(10-7-30)44-51-41(27-59-44)45(3,4)5/h6-17,22-23,27,38,49H,18-21,24-26H2,1-5H3,(H2,48,56). The molecule has 0 radical (unpaired) electrons. The van der Waals surface area contributed by atoms with E-state index in [2.05, 4.69) is 60.3 Å². The summed E-state index contributed by atoms with van der Waals surface area (Å²) in [5, 5.41) is 7.59. The molecule has 3 N–H and O–H groups in total. The van der Waals surface area contributed by atoms with Crippen LogP contribution >= 0.6 is 34.5 Å². The second-order valence-electron chi connectivity index (χ2n) is 15.3. The smallest absolute Gasteiger partial charge is 0.302 e. The Morgan fingerprint density at radius 1 is 0.831 bits per heavy atom. The minimum Gasteiger partial charge on any atom is -0.464 e. The van der Waals surface area contributed by atoms with Crippen molar-refractivity contribution in [2.45, 2.75) is 65.6 Å². The van der Waals surface area contributed by atoms with Crippen LogP contribution in [0.25, 0.3) is 33.0 Å². The van der Waals surface area contributed by atoms with Gasteiger partial charge in [-0.05, 0) is 65.2 Å². The Labute approximate surface area is 358 Å². The van der Waals surface area contributed by atoms with Crippen LogP contribution in [0.3, 0.4) is 0 Å². The molecule has 6 rings (SSSR count). The third kappa shape index (κ3) is 11.5.